The molecule has 5 N–H and O–H groups in total. The number of aliphatic hydroxyl groups excluding tert-OH is 3. The SMILES string of the molecule is Nc1nc(=O)n(C2O[C@H](CO)[C@@H](O)[C@H]2O)cc1S. The molecule has 9 heteroatoms. The predicted octanol–water partition coefficient (Wildman–Crippen LogP) is -2.27. The molecule has 0 radical (unpaired) electrons. The van der Waals surface area contributed by atoms with Gasteiger partial charge in [0, 0.05) is 6.20 Å². The fraction of sp³-hybridized carbons (Fsp3) is 0.556. The number of anilines is 1. The normalized spacial score (nSPS) is 31.8. The number of aliphatic hydroxyl groups is 3. The molecule has 0 spiro atoms. The lowest BCUT2D eigenvalue weighted by Crippen LogP contribution is -2.36. The summed E-state index contributed by atoms with van der Waals surface area (Å²) in [6.45, 7) is -0.473. The van der Waals surface area contributed by atoms with Gasteiger partial charge in [-0.15, -0.1) is 12.6 Å². The first-order valence-corrected chi connectivity index (χ1v) is 5.60. The molecule has 4 atom stereocenters. The van der Waals surface area contributed by atoms with Crippen LogP contribution in [0.3, 0.4) is 0 Å². The van der Waals surface area contributed by atoms with E-state index in [-0.39, 0.29) is 10.7 Å². The molecule has 0 saturated carbocycles. The highest BCUT2D eigenvalue weighted by Crippen LogP contribution is 2.28. The molecule has 0 amide bonds. The Kier molecular flexibility index (Phi) is 3.59. The van der Waals surface area contributed by atoms with E-state index in [4.69, 9.17) is 15.6 Å². The molecule has 0 aliphatic carbocycles. The van der Waals surface area contributed by atoms with Gasteiger partial charge in [-0.05, 0) is 0 Å². The average molecular weight is 275 g/mol. The van der Waals surface area contributed by atoms with E-state index in [0.29, 0.717) is 0 Å². The molecule has 2 heterocycles. The minimum atomic E-state index is -1.35. The Labute approximate surface area is 107 Å². The van der Waals surface area contributed by atoms with Crippen LogP contribution in [0.4, 0.5) is 5.82 Å². The average Bonchev–Trinajstić information content (AvgIpc) is 2.61. The maximum Gasteiger partial charge on any atom is 0.351 e. The van der Waals surface area contributed by atoms with Gasteiger partial charge in [-0.3, -0.25) is 4.57 Å². The maximum atomic E-state index is 11.6. The van der Waals surface area contributed by atoms with Crippen LogP contribution in [-0.4, -0.2) is 49.8 Å². The maximum absolute atomic E-state index is 11.6. The molecule has 1 aliphatic heterocycles. The Morgan fingerprint density at radius 3 is 2.72 bits per heavy atom. The van der Waals surface area contributed by atoms with Crippen LogP contribution < -0.4 is 11.4 Å². The van der Waals surface area contributed by atoms with Crippen molar-refractivity contribution >= 4 is 18.4 Å². The zero-order valence-corrected chi connectivity index (χ0v) is 10.1. The third-order valence-electron chi connectivity index (χ3n) is 2.75. The number of nitrogens with two attached hydrogens (primary N) is 1. The molecule has 0 bridgehead atoms. The third-order valence-corrected chi connectivity index (χ3v) is 3.10. The zero-order valence-electron chi connectivity index (χ0n) is 9.17. The van der Waals surface area contributed by atoms with Gasteiger partial charge in [0.2, 0.25) is 0 Å². The fourth-order valence-electron chi connectivity index (χ4n) is 1.76. The van der Waals surface area contributed by atoms with Crippen LogP contribution >= 0.6 is 12.6 Å². The first-order valence-electron chi connectivity index (χ1n) is 5.15. The highest BCUT2D eigenvalue weighted by molar-refractivity contribution is 7.80. The fourth-order valence-corrected chi connectivity index (χ4v) is 1.94. The van der Waals surface area contributed by atoms with Gasteiger partial charge in [0.05, 0.1) is 11.5 Å². The summed E-state index contributed by atoms with van der Waals surface area (Å²) >= 11 is 4.01. The molecular formula is C9H13N3O5S. The van der Waals surface area contributed by atoms with Crippen LogP contribution in [0.2, 0.25) is 0 Å². The van der Waals surface area contributed by atoms with Crippen molar-refractivity contribution in [1.82, 2.24) is 9.55 Å². The van der Waals surface area contributed by atoms with E-state index < -0.39 is 36.8 Å². The molecule has 1 saturated heterocycles. The number of thiol groups is 1. The number of nitrogens with zero attached hydrogens (tertiary/aromatic N) is 2. The topological polar surface area (TPSA) is 131 Å². The van der Waals surface area contributed by atoms with Crippen molar-refractivity contribution in [2.24, 2.45) is 0 Å². The highest BCUT2D eigenvalue weighted by atomic mass is 32.1. The van der Waals surface area contributed by atoms with Gasteiger partial charge in [0.1, 0.15) is 24.1 Å². The van der Waals surface area contributed by atoms with Gasteiger partial charge in [0.25, 0.3) is 0 Å². The predicted molar refractivity (Wildman–Crippen MR) is 63.2 cm³/mol. The van der Waals surface area contributed by atoms with Crippen molar-refractivity contribution in [3.05, 3.63) is 16.7 Å². The van der Waals surface area contributed by atoms with Crippen molar-refractivity contribution in [2.45, 2.75) is 29.4 Å². The number of hydrogen-bond acceptors (Lipinski definition) is 8. The van der Waals surface area contributed by atoms with Gasteiger partial charge in [-0.2, -0.15) is 4.98 Å². The molecule has 1 aromatic rings. The molecule has 8 nitrogen and oxygen atoms in total. The third kappa shape index (κ3) is 2.10. The van der Waals surface area contributed by atoms with Gasteiger partial charge in [-0.25, -0.2) is 4.79 Å². The van der Waals surface area contributed by atoms with Crippen molar-refractivity contribution in [3.8, 4) is 0 Å². The second-order valence-electron chi connectivity index (χ2n) is 3.93. The van der Waals surface area contributed by atoms with Crippen molar-refractivity contribution in [3.63, 3.8) is 0 Å². The van der Waals surface area contributed by atoms with E-state index in [2.05, 4.69) is 17.6 Å². The van der Waals surface area contributed by atoms with Crippen molar-refractivity contribution in [1.29, 1.82) is 0 Å². The quantitative estimate of drug-likeness (QED) is 0.384. The van der Waals surface area contributed by atoms with Crippen LogP contribution in [0.15, 0.2) is 15.9 Å². The number of aromatic nitrogens is 2. The summed E-state index contributed by atoms with van der Waals surface area (Å²) in [4.78, 5) is 15.4. The van der Waals surface area contributed by atoms with Gasteiger partial charge in [-0.1, -0.05) is 0 Å². The van der Waals surface area contributed by atoms with E-state index in [1.807, 2.05) is 0 Å². The summed E-state index contributed by atoms with van der Waals surface area (Å²) in [5.74, 6) is -0.0358. The molecular weight excluding hydrogens is 262 g/mol. The van der Waals surface area contributed by atoms with Crippen molar-refractivity contribution in [2.75, 3.05) is 12.3 Å². The molecule has 18 heavy (non-hydrogen) atoms. The van der Waals surface area contributed by atoms with E-state index in [0.717, 1.165) is 4.57 Å². The standard InChI is InChI=1S/C9H13N3O5S/c10-7-4(18)1-12(9(16)11-7)8-6(15)5(14)3(2-13)17-8/h1,3,5-6,8,13-15,18H,2H2,(H2,10,11,16)/t3-,5-,6-,8?/m1/s1. The molecule has 0 aromatic carbocycles. The van der Waals surface area contributed by atoms with Gasteiger partial charge < -0.3 is 25.8 Å². The Hall–Kier alpha value is -1.13. The lowest BCUT2D eigenvalue weighted by Gasteiger charge is -2.17. The van der Waals surface area contributed by atoms with E-state index in [9.17, 15) is 15.0 Å². The number of ether oxygens (including phenoxy) is 1. The highest BCUT2D eigenvalue weighted by Gasteiger charge is 2.43. The van der Waals surface area contributed by atoms with E-state index in [1.54, 1.807) is 0 Å². The summed E-state index contributed by atoms with van der Waals surface area (Å²) in [6.07, 6.45) is -3.47. The van der Waals surface area contributed by atoms with Gasteiger partial charge in [0.15, 0.2) is 6.23 Å². The first kappa shape index (κ1) is 13.3. The summed E-state index contributed by atoms with van der Waals surface area (Å²) in [5.41, 5.74) is 4.67. The smallest absolute Gasteiger partial charge is 0.351 e. The Balaban J connectivity index is 2.39. The Morgan fingerprint density at radius 1 is 1.50 bits per heavy atom. The second-order valence-corrected chi connectivity index (χ2v) is 4.41. The number of rotatable bonds is 2. The summed E-state index contributed by atoms with van der Waals surface area (Å²) in [7, 11) is 0. The lowest BCUT2D eigenvalue weighted by atomic mass is 10.1. The minimum Gasteiger partial charge on any atom is -0.394 e. The Bertz CT molecular complexity index is 507. The largest absolute Gasteiger partial charge is 0.394 e. The molecule has 2 rings (SSSR count). The second kappa shape index (κ2) is 4.86. The van der Waals surface area contributed by atoms with Crippen LogP contribution in [0.25, 0.3) is 0 Å². The molecule has 1 aliphatic rings. The van der Waals surface area contributed by atoms with Crippen LogP contribution in [0, 0.1) is 0 Å². The molecule has 1 unspecified atom stereocenters. The van der Waals surface area contributed by atoms with E-state index in [1.165, 1.54) is 6.20 Å². The van der Waals surface area contributed by atoms with Gasteiger partial charge >= 0.3 is 5.69 Å². The van der Waals surface area contributed by atoms with Crippen LogP contribution in [0.5, 0.6) is 0 Å². The molecule has 100 valence electrons. The van der Waals surface area contributed by atoms with Crippen molar-refractivity contribution < 1.29 is 20.1 Å². The lowest BCUT2D eigenvalue weighted by molar-refractivity contribution is -0.0552. The summed E-state index contributed by atoms with van der Waals surface area (Å²) in [5, 5.41) is 28.3. The Morgan fingerprint density at radius 2 is 2.17 bits per heavy atom. The monoisotopic (exact) mass is 275 g/mol. The minimum absolute atomic E-state index is 0.0358. The number of nitrogen functional groups attached to an aromatic ring is 1. The van der Waals surface area contributed by atoms with Crippen LogP contribution in [-0.2, 0) is 4.74 Å². The zero-order chi connectivity index (χ0) is 13.4. The summed E-state index contributed by atoms with van der Waals surface area (Å²) < 4.78 is 6.17. The summed E-state index contributed by atoms with van der Waals surface area (Å²) in [6, 6.07) is 0. The molecule has 1 fully saturated rings. The first-order chi connectivity index (χ1) is 8.45. The number of hydrogen-bond donors (Lipinski definition) is 5. The van der Waals surface area contributed by atoms with E-state index >= 15 is 0 Å². The molecule has 1 aromatic heterocycles. The van der Waals surface area contributed by atoms with Crippen LogP contribution in [0.1, 0.15) is 6.23 Å².